The second kappa shape index (κ2) is 17.7. The van der Waals surface area contributed by atoms with Crippen LogP contribution >= 0.6 is 11.3 Å². The number of aryl methyl sites for hydroxylation is 6. The fourth-order valence-electron chi connectivity index (χ4n) is 11.9. The summed E-state index contributed by atoms with van der Waals surface area (Å²) in [5, 5.41) is 7.14. The number of fused-ring (bicyclic) bond motifs is 9. The smallest absolute Gasteiger partial charge is 0.0979 e. The molecule has 0 bridgehead atoms. The molecule has 13 aromatic rings. The largest absolute Gasteiger partial charge is 0.252 e. The summed E-state index contributed by atoms with van der Waals surface area (Å²) in [6.45, 7) is 13.3. The third kappa shape index (κ3) is 7.80. The topological polar surface area (TPSA) is 25.8 Å². The second-order valence-electron chi connectivity index (χ2n) is 20.1. The molecule has 11 aromatic carbocycles. The maximum Gasteiger partial charge on any atom is 0.0979 e. The van der Waals surface area contributed by atoms with Crippen molar-refractivity contribution in [1.82, 2.24) is 9.97 Å². The highest BCUT2D eigenvalue weighted by molar-refractivity contribution is 7.26. The molecule has 2 aromatic heterocycles. The molecule has 13 rings (SSSR count). The van der Waals surface area contributed by atoms with Crippen LogP contribution in [0, 0.1) is 41.5 Å². The number of rotatable bonds is 7. The molecular weight excluding hydrogens is 901 g/mol. The van der Waals surface area contributed by atoms with Gasteiger partial charge in [0, 0.05) is 42.1 Å². The van der Waals surface area contributed by atoms with Gasteiger partial charge in [0.05, 0.1) is 22.9 Å². The molecule has 0 fully saturated rings. The number of aromatic nitrogens is 2. The lowest BCUT2D eigenvalue weighted by molar-refractivity contribution is 1.31. The molecule has 0 atom stereocenters. The minimum Gasteiger partial charge on any atom is -0.252 e. The summed E-state index contributed by atoms with van der Waals surface area (Å²) >= 11 is 1.88. The van der Waals surface area contributed by atoms with Gasteiger partial charge in [0.1, 0.15) is 0 Å². The lowest BCUT2D eigenvalue weighted by Gasteiger charge is -2.17. The van der Waals surface area contributed by atoms with E-state index in [1.807, 2.05) is 17.5 Å². The van der Waals surface area contributed by atoms with Crippen LogP contribution in [-0.4, -0.2) is 9.97 Å². The van der Waals surface area contributed by atoms with E-state index in [1.165, 1.54) is 120 Å². The molecule has 73 heavy (non-hydrogen) atoms. The highest BCUT2D eigenvalue weighted by Crippen LogP contribution is 2.46. The molecule has 0 unspecified atom stereocenters. The van der Waals surface area contributed by atoms with Crippen molar-refractivity contribution < 1.29 is 0 Å². The lowest BCUT2D eigenvalue weighted by atomic mass is 9.88. The lowest BCUT2D eigenvalue weighted by Crippen LogP contribution is -1.95. The van der Waals surface area contributed by atoms with Crippen LogP contribution in [0.25, 0.3) is 131 Å². The third-order valence-electron chi connectivity index (χ3n) is 15.0. The van der Waals surface area contributed by atoms with Crippen LogP contribution in [0.1, 0.15) is 33.4 Å². The summed E-state index contributed by atoms with van der Waals surface area (Å²) < 4.78 is 2.58. The zero-order valence-electron chi connectivity index (χ0n) is 41.9. The monoisotopic (exact) mass is 952 g/mol. The van der Waals surface area contributed by atoms with Gasteiger partial charge in [0.15, 0.2) is 0 Å². The minimum absolute atomic E-state index is 0.848. The van der Waals surface area contributed by atoms with Gasteiger partial charge >= 0.3 is 0 Å². The van der Waals surface area contributed by atoms with Gasteiger partial charge in [-0.2, -0.15) is 0 Å². The molecule has 0 N–H and O–H groups in total. The fraction of sp³-hybridized carbons (Fsp3) is 0.0857. The van der Waals surface area contributed by atoms with Gasteiger partial charge in [-0.05, 0) is 184 Å². The summed E-state index contributed by atoms with van der Waals surface area (Å²) in [5.41, 5.74) is 26.0. The summed E-state index contributed by atoms with van der Waals surface area (Å²) in [6, 6.07) is 74.1. The molecule has 0 saturated carbocycles. The van der Waals surface area contributed by atoms with Crippen molar-refractivity contribution in [3.63, 3.8) is 0 Å². The molecular formula is C70H52N2S. The molecule has 0 spiro atoms. The second-order valence-corrected chi connectivity index (χ2v) is 21.2. The summed E-state index contributed by atoms with van der Waals surface area (Å²) in [7, 11) is 0. The van der Waals surface area contributed by atoms with Gasteiger partial charge < -0.3 is 0 Å². The van der Waals surface area contributed by atoms with E-state index < -0.39 is 0 Å². The van der Waals surface area contributed by atoms with E-state index in [4.69, 9.17) is 9.97 Å². The van der Waals surface area contributed by atoms with Gasteiger partial charge in [-0.3, -0.25) is 4.98 Å². The van der Waals surface area contributed by atoms with Gasteiger partial charge in [-0.25, -0.2) is 4.98 Å². The average Bonchev–Trinajstić information content (AvgIpc) is 3.78. The Morgan fingerprint density at radius 2 is 0.781 bits per heavy atom. The van der Waals surface area contributed by atoms with Gasteiger partial charge in [-0.1, -0.05) is 163 Å². The van der Waals surface area contributed by atoms with Crippen LogP contribution in [-0.2, 0) is 0 Å². The zero-order valence-corrected chi connectivity index (χ0v) is 42.7. The van der Waals surface area contributed by atoms with E-state index in [2.05, 4.69) is 242 Å². The van der Waals surface area contributed by atoms with Crippen LogP contribution in [0.15, 0.2) is 206 Å². The van der Waals surface area contributed by atoms with Gasteiger partial charge in [-0.15, -0.1) is 11.3 Å². The molecule has 0 saturated heterocycles. The van der Waals surface area contributed by atoms with E-state index in [-0.39, 0.29) is 0 Å². The number of benzene rings is 11. The van der Waals surface area contributed by atoms with E-state index >= 15 is 0 Å². The van der Waals surface area contributed by atoms with Crippen LogP contribution in [0.3, 0.4) is 0 Å². The van der Waals surface area contributed by atoms with Crippen LogP contribution in [0.4, 0.5) is 0 Å². The quantitative estimate of drug-likeness (QED) is 0.149. The molecule has 0 aliphatic rings. The van der Waals surface area contributed by atoms with E-state index in [9.17, 15) is 0 Å². The predicted octanol–water partition coefficient (Wildman–Crippen LogP) is 19.8. The molecule has 0 amide bonds. The standard InChI is InChI=1S/C70H52N2S/c1-41-29-43(3)66(44(4)30-41)54-23-26-57-60(36-54)61-37-55(67-45(5)31-42(2)32-46(67)6)24-27-58(61)69-68(57)71-40-64(72-69)53-22-14-20-50(34-53)49-19-13-21-52(33-49)59-38-56(48-17-11-8-12-18-48)39-63-62-35-51(47-15-9-7-10-16-47)25-28-65(62)73-70(59)63/h7-40H,1-6H3. The Labute approximate surface area is 431 Å². The maximum absolute atomic E-state index is 5.55. The highest BCUT2D eigenvalue weighted by atomic mass is 32.1. The Hall–Kier alpha value is -8.50. The third-order valence-corrected chi connectivity index (χ3v) is 16.2. The molecule has 3 heteroatoms. The van der Waals surface area contributed by atoms with E-state index in [0.717, 1.165) is 44.2 Å². The first kappa shape index (κ1) is 44.4. The summed E-state index contributed by atoms with van der Waals surface area (Å²) in [4.78, 5) is 10.8. The van der Waals surface area contributed by atoms with Crippen molar-refractivity contribution in [2.75, 3.05) is 0 Å². The van der Waals surface area contributed by atoms with E-state index in [1.54, 1.807) is 0 Å². The maximum atomic E-state index is 5.55. The van der Waals surface area contributed by atoms with Crippen molar-refractivity contribution in [1.29, 1.82) is 0 Å². The van der Waals surface area contributed by atoms with Gasteiger partial charge in [0.25, 0.3) is 0 Å². The Morgan fingerprint density at radius 3 is 1.38 bits per heavy atom. The Bertz CT molecular complexity index is 4320. The SMILES string of the molecule is Cc1cc(C)c(-c2ccc3c(c2)c2cc(-c4c(C)cc(C)cc4C)ccc2c2nc(-c4cccc(-c5cccc(-c6cc(-c7ccccc7)cc7c6sc6ccc(-c8ccccc8)cc67)c5)c4)cnc32)c(C)c1. The molecule has 0 radical (unpaired) electrons. The first-order valence-corrected chi connectivity index (χ1v) is 26.1. The van der Waals surface area contributed by atoms with Crippen LogP contribution < -0.4 is 0 Å². The van der Waals surface area contributed by atoms with Crippen LogP contribution in [0.5, 0.6) is 0 Å². The number of hydrogen-bond acceptors (Lipinski definition) is 3. The number of thiophene rings is 1. The minimum atomic E-state index is 0.848. The Kier molecular flexibility index (Phi) is 10.8. The van der Waals surface area contributed by atoms with Gasteiger partial charge in [0.2, 0.25) is 0 Å². The highest BCUT2D eigenvalue weighted by Gasteiger charge is 2.19. The molecule has 2 heterocycles. The van der Waals surface area contributed by atoms with Crippen molar-refractivity contribution in [2.45, 2.75) is 41.5 Å². The molecule has 0 aliphatic heterocycles. The fourth-order valence-corrected chi connectivity index (χ4v) is 13.1. The zero-order chi connectivity index (χ0) is 49.5. The average molecular weight is 953 g/mol. The van der Waals surface area contributed by atoms with Crippen molar-refractivity contribution in [3.8, 4) is 78.0 Å². The van der Waals surface area contributed by atoms with Crippen molar-refractivity contribution >= 4 is 64.1 Å². The first-order chi connectivity index (χ1) is 35.6. The predicted molar refractivity (Wildman–Crippen MR) is 314 cm³/mol. The molecule has 2 nitrogen and oxygen atoms in total. The Morgan fingerprint density at radius 1 is 0.315 bits per heavy atom. The Balaban J connectivity index is 0.942. The molecule has 0 aliphatic carbocycles. The first-order valence-electron chi connectivity index (χ1n) is 25.3. The normalized spacial score (nSPS) is 11.7. The number of nitrogens with zero attached hydrogens (tertiary/aromatic N) is 2. The van der Waals surface area contributed by atoms with Crippen molar-refractivity contribution in [2.24, 2.45) is 0 Å². The summed E-state index contributed by atoms with van der Waals surface area (Å²) in [6.07, 6.45) is 1.97. The van der Waals surface area contributed by atoms with E-state index in [0.29, 0.717) is 0 Å². The van der Waals surface area contributed by atoms with Crippen molar-refractivity contribution in [3.05, 3.63) is 240 Å². The van der Waals surface area contributed by atoms with Crippen LogP contribution in [0.2, 0.25) is 0 Å². The summed E-state index contributed by atoms with van der Waals surface area (Å²) in [5.74, 6) is 0. The number of hydrogen-bond donors (Lipinski definition) is 0. The molecule has 348 valence electrons.